The zero-order chi connectivity index (χ0) is 26.2. The average molecular weight is 536 g/mol. The Morgan fingerprint density at radius 3 is 1.44 bits per heavy atom. The summed E-state index contributed by atoms with van der Waals surface area (Å²) in [6, 6.07) is 56.6. The molecular weight excluding hydrogens is 510 g/mol. The molecule has 6 aromatic carbocycles. The van der Waals surface area contributed by atoms with Crippen LogP contribution in [0.25, 0.3) is 27.5 Å². The molecule has 0 saturated carbocycles. The number of hydrogen-bond acceptors (Lipinski definition) is 0. The molecule has 0 aliphatic heterocycles. The number of aromatic nitrogens is 1. The summed E-state index contributed by atoms with van der Waals surface area (Å²) in [5.41, 5.74) is 3.41. The molecule has 0 saturated heterocycles. The quantitative estimate of drug-likeness (QED) is 0.168. The molecule has 3 heteroatoms. The summed E-state index contributed by atoms with van der Waals surface area (Å²) in [4.78, 5) is 0. The Labute approximate surface area is 234 Å². The third kappa shape index (κ3) is 3.68. The standard InChI is InChI=1S/C36H26ClNSi/c37-36-34(26-25-33-35(36)31-23-13-14-24-32(31)38(33)27-15-5-1-6-16-27)39(28-17-7-2-8-18-28,29-19-9-3-10-20-29)30-21-11-4-12-22-30/h1-26H. The molecule has 186 valence electrons. The van der Waals surface area contributed by atoms with E-state index >= 15 is 0 Å². The van der Waals surface area contributed by atoms with Crippen molar-refractivity contribution in [2.75, 3.05) is 0 Å². The molecule has 0 radical (unpaired) electrons. The van der Waals surface area contributed by atoms with Gasteiger partial charge in [-0.2, -0.15) is 0 Å². The zero-order valence-corrected chi connectivity index (χ0v) is 23.1. The van der Waals surface area contributed by atoms with E-state index in [9.17, 15) is 0 Å². The average Bonchev–Trinajstić information content (AvgIpc) is 3.36. The van der Waals surface area contributed by atoms with Gasteiger partial charge in [-0.1, -0.05) is 145 Å². The number of rotatable bonds is 5. The second-order valence-corrected chi connectivity index (χ2v) is 14.0. The third-order valence-electron chi connectivity index (χ3n) is 7.81. The second-order valence-electron chi connectivity index (χ2n) is 9.86. The first-order valence-electron chi connectivity index (χ1n) is 13.2. The number of benzene rings is 6. The van der Waals surface area contributed by atoms with Crippen LogP contribution < -0.4 is 20.7 Å². The monoisotopic (exact) mass is 535 g/mol. The van der Waals surface area contributed by atoms with Gasteiger partial charge in [-0.05, 0) is 45.0 Å². The van der Waals surface area contributed by atoms with Crippen LogP contribution in [0.15, 0.2) is 158 Å². The maximum absolute atomic E-state index is 7.68. The summed E-state index contributed by atoms with van der Waals surface area (Å²) in [6.45, 7) is 0. The van der Waals surface area contributed by atoms with Crippen molar-refractivity contribution in [2.45, 2.75) is 0 Å². The first kappa shape index (κ1) is 23.7. The normalized spacial score (nSPS) is 11.7. The van der Waals surface area contributed by atoms with Gasteiger partial charge in [-0.25, -0.2) is 0 Å². The van der Waals surface area contributed by atoms with Crippen LogP contribution in [0.3, 0.4) is 0 Å². The van der Waals surface area contributed by atoms with E-state index in [0.29, 0.717) is 0 Å². The van der Waals surface area contributed by atoms with Crippen LogP contribution in [0.1, 0.15) is 0 Å². The summed E-state index contributed by atoms with van der Waals surface area (Å²) in [7, 11) is -2.76. The molecule has 0 amide bonds. The van der Waals surface area contributed by atoms with Crippen LogP contribution in [0.4, 0.5) is 0 Å². The molecule has 0 atom stereocenters. The molecule has 1 heterocycles. The largest absolute Gasteiger partial charge is 0.309 e. The van der Waals surface area contributed by atoms with E-state index in [2.05, 4.69) is 162 Å². The fourth-order valence-electron chi connectivity index (χ4n) is 6.19. The molecule has 0 N–H and O–H groups in total. The minimum Gasteiger partial charge on any atom is -0.309 e. The molecule has 7 rings (SSSR count). The first-order chi connectivity index (χ1) is 19.3. The van der Waals surface area contributed by atoms with E-state index in [1.165, 1.54) is 26.1 Å². The molecule has 39 heavy (non-hydrogen) atoms. The zero-order valence-electron chi connectivity index (χ0n) is 21.3. The number of hydrogen-bond donors (Lipinski definition) is 0. The predicted octanol–water partition coefficient (Wildman–Crippen LogP) is 6.81. The van der Waals surface area contributed by atoms with Gasteiger partial charge in [0, 0.05) is 16.5 Å². The van der Waals surface area contributed by atoms with Gasteiger partial charge in [0.15, 0.2) is 8.07 Å². The summed E-state index contributed by atoms with van der Waals surface area (Å²) >= 11 is 7.68. The van der Waals surface area contributed by atoms with Crippen molar-refractivity contribution in [3.05, 3.63) is 163 Å². The Balaban J connectivity index is 1.65. The Hall–Kier alpha value is -4.37. The fourth-order valence-corrected chi connectivity index (χ4v) is 11.7. The lowest BCUT2D eigenvalue weighted by molar-refractivity contribution is 1.18. The summed E-state index contributed by atoms with van der Waals surface area (Å²) in [6.07, 6.45) is 0. The van der Waals surface area contributed by atoms with Crippen molar-refractivity contribution >= 4 is 62.2 Å². The molecule has 0 fully saturated rings. The molecule has 0 spiro atoms. The third-order valence-corrected chi connectivity index (χ3v) is 13.2. The van der Waals surface area contributed by atoms with Gasteiger partial charge in [0.25, 0.3) is 0 Å². The van der Waals surface area contributed by atoms with Gasteiger partial charge < -0.3 is 4.57 Å². The number of nitrogens with zero attached hydrogens (tertiary/aromatic N) is 1. The van der Waals surface area contributed by atoms with Gasteiger partial charge in [0.1, 0.15) is 0 Å². The van der Waals surface area contributed by atoms with E-state index < -0.39 is 8.07 Å². The number of halogens is 1. The van der Waals surface area contributed by atoms with E-state index in [1.54, 1.807) is 0 Å². The van der Waals surface area contributed by atoms with Crippen LogP contribution in [-0.2, 0) is 0 Å². The van der Waals surface area contributed by atoms with Crippen LogP contribution >= 0.6 is 11.6 Å². The SMILES string of the molecule is Clc1c([Si](c2ccccc2)(c2ccccc2)c2ccccc2)ccc2c1c1ccccc1n2-c1ccccc1. The summed E-state index contributed by atoms with van der Waals surface area (Å²) in [5.74, 6) is 0. The van der Waals surface area contributed by atoms with Crippen LogP contribution in [0.2, 0.25) is 5.02 Å². The second kappa shape index (κ2) is 9.74. The lowest BCUT2D eigenvalue weighted by Gasteiger charge is -2.35. The van der Waals surface area contributed by atoms with Crippen molar-refractivity contribution in [1.29, 1.82) is 0 Å². The maximum Gasteiger partial charge on any atom is 0.181 e. The molecule has 0 aliphatic rings. The minimum atomic E-state index is -2.76. The van der Waals surface area contributed by atoms with Crippen molar-refractivity contribution in [3.63, 3.8) is 0 Å². The first-order valence-corrected chi connectivity index (χ1v) is 15.6. The fraction of sp³-hybridized carbons (Fsp3) is 0. The molecule has 7 aromatic rings. The van der Waals surface area contributed by atoms with Crippen LogP contribution in [0, 0.1) is 0 Å². The van der Waals surface area contributed by atoms with Crippen molar-refractivity contribution < 1.29 is 0 Å². The van der Waals surface area contributed by atoms with Gasteiger partial charge in [0.2, 0.25) is 0 Å². The van der Waals surface area contributed by atoms with Crippen molar-refractivity contribution in [3.8, 4) is 5.69 Å². The Morgan fingerprint density at radius 1 is 0.436 bits per heavy atom. The highest BCUT2D eigenvalue weighted by Gasteiger charge is 2.43. The van der Waals surface area contributed by atoms with Gasteiger partial charge in [-0.3, -0.25) is 0 Å². The van der Waals surface area contributed by atoms with Crippen molar-refractivity contribution in [1.82, 2.24) is 4.57 Å². The van der Waals surface area contributed by atoms with E-state index in [4.69, 9.17) is 11.6 Å². The summed E-state index contributed by atoms with van der Waals surface area (Å²) in [5, 5.41) is 8.26. The van der Waals surface area contributed by atoms with Gasteiger partial charge >= 0.3 is 0 Å². The highest BCUT2D eigenvalue weighted by Crippen LogP contribution is 2.36. The Bertz CT molecular complexity index is 1800. The number of fused-ring (bicyclic) bond motifs is 3. The van der Waals surface area contributed by atoms with Gasteiger partial charge in [0.05, 0.1) is 16.1 Å². The topological polar surface area (TPSA) is 4.93 Å². The van der Waals surface area contributed by atoms with Crippen LogP contribution in [-0.4, -0.2) is 12.6 Å². The van der Waals surface area contributed by atoms with Crippen molar-refractivity contribution in [2.24, 2.45) is 0 Å². The predicted molar refractivity (Wildman–Crippen MR) is 169 cm³/mol. The lowest BCUT2D eigenvalue weighted by atomic mass is 10.1. The molecule has 0 unspecified atom stereocenters. The highest BCUT2D eigenvalue weighted by atomic mass is 35.5. The maximum atomic E-state index is 7.68. The van der Waals surface area contributed by atoms with E-state index in [-0.39, 0.29) is 0 Å². The highest BCUT2D eigenvalue weighted by molar-refractivity contribution is 7.20. The van der Waals surface area contributed by atoms with Crippen LogP contribution in [0.5, 0.6) is 0 Å². The molecule has 1 nitrogen and oxygen atoms in total. The smallest absolute Gasteiger partial charge is 0.181 e. The number of para-hydroxylation sites is 2. The Morgan fingerprint density at radius 2 is 0.897 bits per heavy atom. The Kier molecular flexibility index (Phi) is 5.92. The van der Waals surface area contributed by atoms with E-state index in [0.717, 1.165) is 27.1 Å². The molecular formula is C36H26ClNSi. The molecule has 0 aliphatic carbocycles. The van der Waals surface area contributed by atoms with Gasteiger partial charge in [-0.15, -0.1) is 0 Å². The lowest BCUT2D eigenvalue weighted by Crippen LogP contribution is -2.75. The summed E-state index contributed by atoms with van der Waals surface area (Å²) < 4.78 is 2.33. The molecule has 0 bridgehead atoms. The molecule has 1 aromatic heterocycles. The minimum absolute atomic E-state index is 0.835. The van der Waals surface area contributed by atoms with E-state index in [1.807, 2.05) is 0 Å².